The first-order valence-electron chi connectivity index (χ1n) is 10.9. The van der Waals surface area contributed by atoms with E-state index in [0.717, 1.165) is 46.9 Å². The number of nitrogens with zero attached hydrogens (tertiary/aromatic N) is 2. The van der Waals surface area contributed by atoms with Crippen molar-refractivity contribution in [1.82, 2.24) is 15.0 Å². The van der Waals surface area contributed by atoms with E-state index in [4.69, 9.17) is 22.1 Å². The first kappa shape index (κ1) is 22.1. The molecule has 1 fully saturated rings. The molecule has 7 nitrogen and oxygen atoms in total. The normalized spacial score (nSPS) is 20.7. The summed E-state index contributed by atoms with van der Waals surface area (Å²) in [5.41, 5.74) is 9.31. The molecule has 0 saturated carbocycles. The highest BCUT2D eigenvalue weighted by atomic mass is 35.5. The van der Waals surface area contributed by atoms with Crippen molar-refractivity contribution in [2.45, 2.75) is 18.9 Å². The van der Waals surface area contributed by atoms with E-state index in [0.29, 0.717) is 28.1 Å². The zero-order valence-electron chi connectivity index (χ0n) is 18.3. The Balaban J connectivity index is 1.45. The number of halogens is 1. The van der Waals surface area contributed by atoms with Gasteiger partial charge in [-0.25, -0.2) is 9.97 Å². The monoisotopic (exact) mass is 482 g/mol. The predicted molar refractivity (Wildman–Crippen MR) is 136 cm³/mol. The number of para-hydroxylation sites is 1. The highest BCUT2D eigenvalue weighted by molar-refractivity contribution is 7.77. The molecule has 0 bridgehead atoms. The van der Waals surface area contributed by atoms with Gasteiger partial charge in [0.25, 0.3) is 0 Å². The molecule has 5 N–H and O–H groups in total. The molecule has 3 heterocycles. The number of hydrogen-bond acceptors (Lipinski definition) is 6. The van der Waals surface area contributed by atoms with Crippen LogP contribution in [0.25, 0.3) is 22.2 Å². The van der Waals surface area contributed by atoms with E-state index in [1.165, 1.54) is 0 Å². The summed E-state index contributed by atoms with van der Waals surface area (Å²) in [6, 6.07) is 14.0. The zero-order chi connectivity index (χ0) is 23.0. The second-order valence-electron chi connectivity index (χ2n) is 8.35. The van der Waals surface area contributed by atoms with Crippen molar-refractivity contribution in [1.29, 1.82) is 0 Å². The predicted octanol–water partition coefficient (Wildman–Crippen LogP) is 4.70. The Morgan fingerprint density at radius 3 is 2.79 bits per heavy atom. The maximum atomic E-state index is 11.3. The largest absolute Gasteiger partial charge is 0.495 e. The van der Waals surface area contributed by atoms with Crippen LogP contribution in [0.15, 0.2) is 54.9 Å². The summed E-state index contributed by atoms with van der Waals surface area (Å²) in [7, 11) is -0.592. The Morgan fingerprint density at radius 2 is 2.00 bits per heavy atom. The number of aromatic nitrogens is 3. The van der Waals surface area contributed by atoms with Gasteiger partial charge in [0.15, 0.2) is 0 Å². The first-order valence-corrected chi connectivity index (χ1v) is 13.4. The standard InChI is InChI=1S/C24H26ClN5O2P/c1-32-22-12-16(33(31)10-8-15(26)9-11-33)6-7-21(22)29-24-28-14-19(25)23(30-24)18-13-27-20-5-3-2-4-17(18)20/h2-7,12-15,27,31H,8-11,26H2,1H3,(H,28,29,30). The van der Waals surface area contributed by atoms with Crippen LogP contribution < -0.4 is 21.1 Å². The number of anilines is 2. The minimum atomic E-state index is -2.21. The Hall–Kier alpha value is -2.70. The summed E-state index contributed by atoms with van der Waals surface area (Å²) in [5.74, 6) is 1.03. The van der Waals surface area contributed by atoms with Crippen molar-refractivity contribution < 1.29 is 9.63 Å². The van der Waals surface area contributed by atoms with E-state index < -0.39 is 7.49 Å². The number of H-pyrrole nitrogens is 1. The Morgan fingerprint density at radius 1 is 1.21 bits per heavy atom. The smallest absolute Gasteiger partial charge is 0.227 e. The molecule has 1 radical (unpaired) electrons. The summed E-state index contributed by atoms with van der Waals surface area (Å²) >= 11 is 6.46. The average molecular weight is 483 g/mol. The molecular formula is C24H26ClN5O2P. The number of ether oxygens (including phenoxy) is 1. The second kappa shape index (κ2) is 8.92. The van der Waals surface area contributed by atoms with Crippen molar-refractivity contribution in [3.63, 3.8) is 0 Å². The number of nitrogens with two attached hydrogens (primary N) is 1. The van der Waals surface area contributed by atoms with Crippen molar-refractivity contribution in [2.24, 2.45) is 5.73 Å². The average Bonchev–Trinajstić information content (AvgIpc) is 3.26. The molecule has 33 heavy (non-hydrogen) atoms. The van der Waals surface area contributed by atoms with E-state index in [9.17, 15) is 4.89 Å². The van der Waals surface area contributed by atoms with Crippen LogP contribution in [0.3, 0.4) is 0 Å². The van der Waals surface area contributed by atoms with Crippen LogP contribution in [0, 0.1) is 0 Å². The third kappa shape index (κ3) is 4.30. The van der Waals surface area contributed by atoms with E-state index in [1.54, 1.807) is 13.3 Å². The van der Waals surface area contributed by atoms with Crippen LogP contribution in [-0.4, -0.2) is 45.3 Å². The van der Waals surface area contributed by atoms with Crippen LogP contribution >= 0.6 is 19.1 Å². The van der Waals surface area contributed by atoms with Crippen molar-refractivity contribution in [2.75, 3.05) is 24.8 Å². The summed E-state index contributed by atoms with van der Waals surface area (Å²) in [6.07, 6.45) is 6.69. The van der Waals surface area contributed by atoms with E-state index >= 15 is 0 Å². The maximum absolute atomic E-state index is 11.3. The quantitative estimate of drug-likeness (QED) is 0.307. The second-order valence-corrected chi connectivity index (χ2v) is 12.0. The minimum Gasteiger partial charge on any atom is -0.495 e. The van der Waals surface area contributed by atoms with Gasteiger partial charge in [0.1, 0.15) is 5.75 Å². The SMILES string of the molecule is COc1cc([P]2(O)CCC(N)CC2)ccc1Nc1ncc(Cl)c(-c2c[nH]c3ccccc23)n1. The van der Waals surface area contributed by atoms with Gasteiger partial charge in [-0.2, -0.15) is 0 Å². The van der Waals surface area contributed by atoms with Gasteiger partial charge in [-0.1, -0.05) is 35.9 Å². The lowest BCUT2D eigenvalue weighted by Crippen LogP contribution is -2.32. The molecular weight excluding hydrogens is 457 g/mol. The molecule has 0 aliphatic carbocycles. The van der Waals surface area contributed by atoms with Gasteiger partial charge in [0, 0.05) is 41.5 Å². The lowest BCUT2D eigenvalue weighted by Gasteiger charge is -2.37. The molecule has 0 spiro atoms. The van der Waals surface area contributed by atoms with Crippen LogP contribution in [0.2, 0.25) is 5.02 Å². The number of nitrogens with one attached hydrogen (secondary N) is 2. The fourth-order valence-corrected chi connectivity index (χ4v) is 7.48. The molecule has 0 atom stereocenters. The fourth-order valence-electron chi connectivity index (χ4n) is 4.32. The van der Waals surface area contributed by atoms with Gasteiger partial charge >= 0.3 is 0 Å². The highest BCUT2D eigenvalue weighted by Crippen LogP contribution is 2.57. The summed E-state index contributed by atoms with van der Waals surface area (Å²) in [6.45, 7) is 0. The lowest BCUT2D eigenvalue weighted by molar-refractivity contribution is 0.417. The summed E-state index contributed by atoms with van der Waals surface area (Å²) in [4.78, 5) is 23.6. The molecule has 1 saturated heterocycles. The highest BCUT2D eigenvalue weighted by Gasteiger charge is 2.32. The van der Waals surface area contributed by atoms with Gasteiger partial charge in [0.2, 0.25) is 5.95 Å². The van der Waals surface area contributed by atoms with Crippen LogP contribution in [0.1, 0.15) is 12.8 Å². The molecule has 0 unspecified atom stereocenters. The fraction of sp³-hybridized carbons (Fsp3) is 0.250. The Bertz CT molecular complexity index is 1300. The number of rotatable bonds is 5. The number of fused-ring (bicyclic) bond motifs is 1. The van der Waals surface area contributed by atoms with Gasteiger partial charge in [-0.3, -0.25) is 0 Å². The van der Waals surface area contributed by atoms with E-state index in [-0.39, 0.29) is 6.04 Å². The van der Waals surface area contributed by atoms with Crippen LogP contribution in [-0.2, 0) is 0 Å². The third-order valence-corrected chi connectivity index (χ3v) is 9.75. The topological polar surface area (TPSA) is 109 Å². The number of hydrogen-bond donors (Lipinski definition) is 4. The molecule has 4 aromatic rings. The Kier molecular flexibility index (Phi) is 5.97. The number of methoxy groups -OCH3 is 1. The number of aromatic amines is 1. The molecule has 2 aromatic heterocycles. The molecule has 2 aromatic carbocycles. The first-order chi connectivity index (χ1) is 16.0. The number of benzene rings is 2. The zero-order valence-corrected chi connectivity index (χ0v) is 19.9. The van der Waals surface area contributed by atoms with Crippen molar-refractivity contribution in [3.8, 4) is 17.0 Å². The molecule has 171 valence electrons. The van der Waals surface area contributed by atoms with Gasteiger partial charge in [-0.15, -0.1) is 0 Å². The molecule has 1 aliphatic heterocycles. The van der Waals surface area contributed by atoms with Crippen molar-refractivity contribution >= 4 is 46.9 Å². The van der Waals surface area contributed by atoms with Gasteiger partial charge in [0.05, 0.1) is 29.7 Å². The van der Waals surface area contributed by atoms with Crippen LogP contribution in [0.5, 0.6) is 5.75 Å². The minimum absolute atomic E-state index is 0.182. The van der Waals surface area contributed by atoms with E-state index in [1.807, 2.05) is 48.7 Å². The summed E-state index contributed by atoms with van der Waals surface area (Å²) in [5, 5.41) is 5.69. The summed E-state index contributed by atoms with van der Waals surface area (Å²) < 4.78 is 5.63. The van der Waals surface area contributed by atoms with Crippen molar-refractivity contribution in [3.05, 3.63) is 59.9 Å². The van der Waals surface area contributed by atoms with Gasteiger partial charge < -0.3 is 25.7 Å². The maximum Gasteiger partial charge on any atom is 0.227 e. The van der Waals surface area contributed by atoms with Gasteiger partial charge in [-0.05, 0) is 43.4 Å². The lowest BCUT2D eigenvalue weighted by atomic mass is 10.1. The molecule has 5 rings (SSSR count). The molecule has 9 heteroatoms. The van der Waals surface area contributed by atoms with Crippen LogP contribution in [0.4, 0.5) is 11.6 Å². The molecule has 0 amide bonds. The molecule has 1 aliphatic rings. The van der Waals surface area contributed by atoms with E-state index in [2.05, 4.69) is 20.3 Å². The Labute approximate surface area is 197 Å². The third-order valence-electron chi connectivity index (χ3n) is 6.24.